The van der Waals surface area contributed by atoms with Gasteiger partial charge in [0, 0.05) is 43.9 Å². The molecule has 0 fully saturated rings. The van der Waals surface area contributed by atoms with Crippen molar-refractivity contribution in [3.8, 4) is 0 Å². The fourth-order valence-electron chi connectivity index (χ4n) is 14.6. The molecule has 0 saturated carbocycles. The molecule has 0 aliphatic rings. The minimum atomic E-state index is -1.80. The van der Waals surface area contributed by atoms with Crippen molar-refractivity contribution in [2.45, 2.75) is 471 Å². The summed E-state index contributed by atoms with van der Waals surface area (Å²) in [6.45, 7) is 7.70. The number of ether oxygens (including phenoxy) is 4. The number of hydrogen-bond donors (Lipinski definition) is 2. The van der Waals surface area contributed by atoms with Crippen LogP contribution in [-0.4, -0.2) is 72.5 Å². The van der Waals surface area contributed by atoms with Crippen LogP contribution >= 0.6 is 0 Å². The summed E-state index contributed by atoms with van der Waals surface area (Å²) < 4.78 is 24.6. The highest BCUT2D eigenvalue weighted by molar-refractivity contribution is 5.77. The lowest BCUT2D eigenvalue weighted by atomic mass is 9.64. The van der Waals surface area contributed by atoms with E-state index in [1.807, 2.05) is 0 Å². The molecule has 0 aromatic heterocycles. The van der Waals surface area contributed by atoms with Gasteiger partial charge in [0.1, 0.15) is 0 Å². The minimum absolute atomic E-state index is 0.0924. The summed E-state index contributed by atoms with van der Waals surface area (Å²) in [5, 5.41) is 21.0. The molecule has 0 atom stereocenters. The number of carboxylic acids is 2. The Labute approximate surface area is 665 Å². The van der Waals surface area contributed by atoms with Crippen molar-refractivity contribution in [2.24, 2.45) is 17.3 Å². The van der Waals surface area contributed by atoms with Crippen molar-refractivity contribution in [2.75, 3.05) is 26.4 Å². The maximum atomic E-state index is 14.8. The first-order valence-corrected chi connectivity index (χ1v) is 46.3. The van der Waals surface area contributed by atoms with E-state index in [1.165, 1.54) is 154 Å². The number of hydrogen-bond acceptors (Lipinski definition) is 10. The highest BCUT2D eigenvalue weighted by Gasteiger charge is 2.53. The topological polar surface area (TPSA) is 180 Å². The number of rotatable bonds is 86. The van der Waals surface area contributed by atoms with Crippen LogP contribution in [0.1, 0.15) is 471 Å². The molecule has 108 heavy (non-hydrogen) atoms. The molecular weight excluding hydrogens is 1350 g/mol. The lowest BCUT2D eigenvalue weighted by Crippen LogP contribution is -2.52. The molecule has 0 aromatic carbocycles. The summed E-state index contributed by atoms with van der Waals surface area (Å²) in [5.41, 5.74) is -1.80. The van der Waals surface area contributed by atoms with Gasteiger partial charge in [0.05, 0.1) is 31.8 Å². The average molecular weight is 1520 g/mol. The van der Waals surface area contributed by atoms with Crippen LogP contribution in [0.15, 0.2) is 60.8 Å². The molecule has 628 valence electrons. The quantitative estimate of drug-likeness (QED) is 0.0255. The molecule has 0 unspecified atom stereocenters. The van der Waals surface area contributed by atoms with Gasteiger partial charge >= 0.3 is 35.8 Å². The van der Waals surface area contributed by atoms with E-state index < -0.39 is 53.1 Å². The largest absolute Gasteiger partial charge is 0.481 e. The summed E-state index contributed by atoms with van der Waals surface area (Å²) >= 11 is 0. The Kier molecular flexibility index (Phi) is 80.0. The zero-order chi connectivity index (χ0) is 78.6. The fourth-order valence-corrected chi connectivity index (χ4v) is 14.6. The van der Waals surface area contributed by atoms with Gasteiger partial charge in [-0.15, -0.1) is 0 Å². The number of esters is 4. The van der Waals surface area contributed by atoms with Crippen LogP contribution < -0.4 is 0 Å². The number of aliphatic carboxylic acids is 2. The summed E-state index contributed by atoms with van der Waals surface area (Å²) in [6.07, 6.45) is 92.4. The Morgan fingerprint density at radius 2 is 0.398 bits per heavy atom. The van der Waals surface area contributed by atoms with Crippen molar-refractivity contribution in [1.82, 2.24) is 0 Å². The van der Waals surface area contributed by atoms with Gasteiger partial charge < -0.3 is 29.2 Å². The third kappa shape index (κ3) is 70.6. The second-order valence-corrected chi connectivity index (χ2v) is 31.9. The van der Waals surface area contributed by atoms with Gasteiger partial charge in [-0.2, -0.15) is 0 Å². The lowest BCUT2D eigenvalue weighted by Gasteiger charge is -2.42. The molecule has 0 aliphatic heterocycles. The smallest absolute Gasteiger partial charge is 0.310 e. The third-order valence-electron chi connectivity index (χ3n) is 21.8. The summed E-state index contributed by atoms with van der Waals surface area (Å²) in [7, 11) is 0. The highest BCUT2D eigenvalue weighted by Crippen LogP contribution is 2.44. The molecule has 0 aromatic rings. The van der Waals surface area contributed by atoms with E-state index in [0.717, 1.165) is 212 Å². The van der Waals surface area contributed by atoms with Crippen LogP contribution in [0.4, 0.5) is 0 Å². The van der Waals surface area contributed by atoms with Gasteiger partial charge in [-0.3, -0.25) is 28.8 Å². The zero-order valence-electron chi connectivity index (χ0n) is 71.0. The molecule has 0 spiro atoms. The first-order valence-electron chi connectivity index (χ1n) is 46.3. The van der Waals surface area contributed by atoms with E-state index in [-0.39, 0.29) is 65.0 Å². The molecule has 0 aliphatic carbocycles. The molecule has 0 amide bonds. The van der Waals surface area contributed by atoms with Crippen molar-refractivity contribution in [3.63, 3.8) is 0 Å². The molecule has 2 N–H and O–H groups in total. The maximum absolute atomic E-state index is 14.8. The van der Waals surface area contributed by atoms with Gasteiger partial charge in [-0.25, -0.2) is 0 Å². The first-order chi connectivity index (χ1) is 53.0. The molecule has 12 nitrogen and oxygen atoms in total. The Balaban J connectivity index is 6.76. The molecule has 0 saturated heterocycles. The van der Waals surface area contributed by atoms with Crippen molar-refractivity contribution < 1.29 is 57.9 Å². The van der Waals surface area contributed by atoms with E-state index in [2.05, 4.69) is 88.5 Å². The highest BCUT2D eigenvalue weighted by atomic mass is 16.6. The molecule has 0 radical (unpaired) electrons. The van der Waals surface area contributed by atoms with Gasteiger partial charge in [0.2, 0.25) is 0 Å². The third-order valence-corrected chi connectivity index (χ3v) is 21.8. The maximum Gasteiger partial charge on any atom is 0.310 e. The minimum Gasteiger partial charge on any atom is -0.481 e. The predicted octanol–water partition coefficient (Wildman–Crippen LogP) is 29.3. The SMILES string of the molecule is CCCCCCCCC=CCCCCCCCC(=O)OCC(COC(=O)CCCCCCCC=CCCCCCCCC)C(CCCCCCC=CCCCCCCCC(=O)O)(C(=O)O)C(COC(=O)CCCCCCCC=CCCCCCCCC)COC(=O)CCCCCCCC=CCCCCCCCC. The number of carbonyl (C=O) groups excluding carboxylic acids is 4. The summed E-state index contributed by atoms with van der Waals surface area (Å²) in [6, 6.07) is 0. The van der Waals surface area contributed by atoms with Crippen LogP contribution in [0.3, 0.4) is 0 Å². The van der Waals surface area contributed by atoms with E-state index in [9.17, 15) is 33.9 Å². The number of carbonyl (C=O) groups is 6. The number of allylic oxidation sites excluding steroid dienone is 10. The van der Waals surface area contributed by atoms with Crippen molar-refractivity contribution in [3.05, 3.63) is 60.8 Å². The van der Waals surface area contributed by atoms with Gasteiger partial charge in [-0.05, 0) is 167 Å². The first kappa shape index (κ1) is 104. The monoisotopic (exact) mass is 1520 g/mol. The molecule has 12 heteroatoms. The Morgan fingerprint density at radius 1 is 0.231 bits per heavy atom. The van der Waals surface area contributed by atoms with E-state index in [1.54, 1.807) is 0 Å². The van der Waals surface area contributed by atoms with E-state index in [4.69, 9.17) is 24.1 Å². The Morgan fingerprint density at radius 3 is 0.583 bits per heavy atom. The normalized spacial score (nSPS) is 13.0. The summed E-state index contributed by atoms with van der Waals surface area (Å²) in [4.78, 5) is 81.3. The lowest BCUT2D eigenvalue weighted by molar-refractivity contribution is -0.180. The van der Waals surface area contributed by atoms with Crippen LogP contribution in [0, 0.1) is 17.3 Å². The number of carboxylic acid groups (broad SMARTS) is 2. The van der Waals surface area contributed by atoms with E-state index >= 15 is 0 Å². The molecule has 0 rings (SSSR count). The fraction of sp³-hybridized carbons (Fsp3) is 0.833. The van der Waals surface area contributed by atoms with Crippen LogP contribution in [0.25, 0.3) is 0 Å². The van der Waals surface area contributed by atoms with Gasteiger partial charge in [0.15, 0.2) is 0 Å². The zero-order valence-corrected chi connectivity index (χ0v) is 71.0. The molecule has 0 heterocycles. The number of unbranched alkanes of at least 4 members (excludes halogenated alkanes) is 53. The van der Waals surface area contributed by atoms with Crippen LogP contribution in [0.2, 0.25) is 0 Å². The standard InChI is InChI=1S/C96H172O12/c1-5-9-13-17-21-25-29-33-37-43-49-55-61-67-73-79-91(99)105-84-88(85-106-92(100)80-74-68-62-56-50-44-38-34-30-26-22-18-14-10-6-2)96(95(103)104,83-77-71-65-59-53-47-41-42-48-54-60-66-72-78-90(97)98)89(86-107-93(101)81-75-69-63-57-51-45-39-35-31-27-23-19-15-11-7-3)87-108-94(102)82-76-70-64-58-52-46-40-36-32-28-24-20-16-12-8-4/h33-41,47,88-89H,5-32,42-46,48-87H2,1-4H3,(H,97,98)(H,103,104). The van der Waals surface area contributed by atoms with Gasteiger partial charge in [0.25, 0.3) is 0 Å². The average Bonchev–Trinajstić information content (AvgIpc) is 0.778. The van der Waals surface area contributed by atoms with E-state index in [0.29, 0.717) is 38.5 Å². The van der Waals surface area contributed by atoms with Crippen LogP contribution in [-0.2, 0) is 47.7 Å². The van der Waals surface area contributed by atoms with Crippen molar-refractivity contribution >= 4 is 35.8 Å². The van der Waals surface area contributed by atoms with Gasteiger partial charge in [-0.1, -0.05) is 332 Å². The Bertz CT molecular complexity index is 1950. The van der Waals surface area contributed by atoms with Crippen molar-refractivity contribution in [1.29, 1.82) is 0 Å². The predicted molar refractivity (Wildman–Crippen MR) is 455 cm³/mol. The van der Waals surface area contributed by atoms with Crippen LogP contribution in [0.5, 0.6) is 0 Å². The Hall–Kier alpha value is -4.48. The molecular formula is C96H172O12. The second-order valence-electron chi connectivity index (χ2n) is 31.9. The second kappa shape index (κ2) is 83.5. The summed E-state index contributed by atoms with van der Waals surface area (Å²) in [5.74, 6) is -5.77. The molecule has 0 bridgehead atoms.